The molecule has 3 aromatic carbocycles. The van der Waals surface area contributed by atoms with Gasteiger partial charge in [0.15, 0.2) is 0 Å². The molecular weight excluding hydrogens is 444 g/mol. The highest BCUT2D eigenvalue weighted by Gasteiger charge is 2.35. The summed E-state index contributed by atoms with van der Waals surface area (Å²) in [5.41, 5.74) is 2.53. The Labute approximate surface area is 201 Å². The van der Waals surface area contributed by atoms with E-state index in [4.69, 9.17) is 9.15 Å². The highest BCUT2D eigenvalue weighted by Crippen LogP contribution is 2.28. The number of nitrogens with zero attached hydrogens (tertiary/aromatic N) is 1. The van der Waals surface area contributed by atoms with E-state index in [0.717, 1.165) is 5.56 Å². The molecule has 1 aliphatic heterocycles. The maximum Gasteiger partial charge on any atom is 0.261 e. The number of methoxy groups -OCH3 is 1. The number of amides is 3. The predicted molar refractivity (Wildman–Crippen MR) is 128 cm³/mol. The Hall–Kier alpha value is -4.65. The van der Waals surface area contributed by atoms with Crippen LogP contribution in [0.5, 0.6) is 5.75 Å². The minimum absolute atomic E-state index is 0.0386. The zero-order chi connectivity index (χ0) is 24.4. The van der Waals surface area contributed by atoms with Crippen LogP contribution in [0.4, 0.5) is 0 Å². The molecule has 35 heavy (non-hydrogen) atoms. The molecule has 2 heterocycles. The van der Waals surface area contributed by atoms with Crippen molar-refractivity contribution >= 4 is 17.7 Å². The van der Waals surface area contributed by atoms with E-state index < -0.39 is 6.04 Å². The van der Waals surface area contributed by atoms with Crippen LogP contribution in [0.3, 0.4) is 0 Å². The molecule has 1 atom stereocenters. The van der Waals surface area contributed by atoms with Crippen LogP contribution >= 0.6 is 0 Å². The van der Waals surface area contributed by atoms with Gasteiger partial charge >= 0.3 is 0 Å². The third-order valence-corrected chi connectivity index (χ3v) is 5.96. The normalized spacial score (nSPS) is 13.5. The molecule has 3 amide bonds. The summed E-state index contributed by atoms with van der Waals surface area (Å²) in [6.07, 6.45) is 1.56. The molecule has 0 bridgehead atoms. The summed E-state index contributed by atoms with van der Waals surface area (Å²) in [5.74, 6) is -0.120. The average molecular weight is 466 g/mol. The second kappa shape index (κ2) is 9.30. The second-order valence-electron chi connectivity index (χ2n) is 8.11. The Kier molecular flexibility index (Phi) is 5.89. The number of rotatable bonds is 7. The highest BCUT2D eigenvalue weighted by atomic mass is 16.5. The Bertz CT molecular complexity index is 1360. The molecule has 0 spiro atoms. The van der Waals surface area contributed by atoms with Crippen LogP contribution in [0.25, 0.3) is 0 Å². The Morgan fingerprint density at radius 1 is 0.914 bits per heavy atom. The van der Waals surface area contributed by atoms with Gasteiger partial charge in [-0.2, -0.15) is 0 Å². The van der Waals surface area contributed by atoms with Gasteiger partial charge in [0.2, 0.25) is 0 Å². The first-order valence-electron chi connectivity index (χ1n) is 11.1. The molecule has 1 unspecified atom stereocenters. The van der Waals surface area contributed by atoms with E-state index in [-0.39, 0.29) is 29.8 Å². The predicted octanol–water partition coefficient (Wildman–Crippen LogP) is 4.60. The van der Waals surface area contributed by atoms with E-state index >= 15 is 0 Å². The van der Waals surface area contributed by atoms with Crippen LogP contribution in [0.2, 0.25) is 0 Å². The van der Waals surface area contributed by atoms with E-state index in [9.17, 15) is 14.4 Å². The Morgan fingerprint density at radius 2 is 1.60 bits per heavy atom. The monoisotopic (exact) mass is 466 g/mol. The number of imide groups is 1. The average Bonchev–Trinajstić information content (AvgIpc) is 3.51. The first-order valence-corrected chi connectivity index (χ1v) is 11.1. The minimum Gasteiger partial charge on any atom is -0.496 e. The van der Waals surface area contributed by atoms with Crippen molar-refractivity contribution in [1.82, 2.24) is 10.2 Å². The molecule has 174 valence electrons. The van der Waals surface area contributed by atoms with E-state index in [1.807, 2.05) is 30.3 Å². The SMILES string of the molecule is COc1ccc(CN2C(=O)c3ccccc3C2=O)cc1C(=O)NC(c1ccccc1)c1ccco1. The lowest BCUT2D eigenvalue weighted by Gasteiger charge is -2.19. The molecular formula is C28H22N2O5. The van der Waals surface area contributed by atoms with Crippen LogP contribution in [-0.2, 0) is 6.54 Å². The molecule has 0 aliphatic carbocycles. The van der Waals surface area contributed by atoms with Gasteiger partial charge in [-0.05, 0) is 47.5 Å². The molecule has 0 saturated heterocycles. The Morgan fingerprint density at radius 3 is 2.23 bits per heavy atom. The minimum atomic E-state index is -0.511. The number of carbonyl (C=O) groups excluding carboxylic acids is 3. The number of hydrogen-bond donors (Lipinski definition) is 1. The third-order valence-electron chi connectivity index (χ3n) is 5.96. The van der Waals surface area contributed by atoms with Gasteiger partial charge in [0, 0.05) is 0 Å². The molecule has 0 radical (unpaired) electrons. The fraction of sp³-hybridized carbons (Fsp3) is 0.107. The van der Waals surface area contributed by atoms with Gasteiger partial charge in [-0.15, -0.1) is 0 Å². The van der Waals surface area contributed by atoms with Crippen LogP contribution in [0.15, 0.2) is 95.6 Å². The smallest absolute Gasteiger partial charge is 0.261 e. The molecule has 0 saturated carbocycles. The van der Waals surface area contributed by atoms with Crippen molar-refractivity contribution in [3.05, 3.63) is 125 Å². The zero-order valence-corrected chi connectivity index (χ0v) is 18.9. The lowest BCUT2D eigenvalue weighted by molar-refractivity contribution is 0.0642. The molecule has 1 aliphatic rings. The second-order valence-corrected chi connectivity index (χ2v) is 8.11. The fourth-order valence-corrected chi connectivity index (χ4v) is 4.22. The molecule has 4 aromatic rings. The van der Waals surface area contributed by atoms with Crippen molar-refractivity contribution in [3.8, 4) is 5.75 Å². The van der Waals surface area contributed by atoms with Crippen LogP contribution in [0.1, 0.15) is 54.0 Å². The number of ether oxygens (including phenoxy) is 1. The number of fused-ring (bicyclic) bond motifs is 1. The summed E-state index contributed by atoms with van der Waals surface area (Å²) in [5, 5.41) is 3.02. The largest absolute Gasteiger partial charge is 0.496 e. The summed E-state index contributed by atoms with van der Waals surface area (Å²) < 4.78 is 11.0. The van der Waals surface area contributed by atoms with Crippen LogP contribution in [-0.4, -0.2) is 29.7 Å². The summed E-state index contributed by atoms with van der Waals surface area (Å²) in [4.78, 5) is 40.2. The quantitative estimate of drug-likeness (QED) is 0.402. The number of furan rings is 1. The zero-order valence-electron chi connectivity index (χ0n) is 18.9. The number of nitrogens with one attached hydrogen (secondary N) is 1. The van der Waals surface area contributed by atoms with E-state index in [0.29, 0.717) is 28.2 Å². The van der Waals surface area contributed by atoms with Gasteiger partial charge in [0.25, 0.3) is 17.7 Å². The van der Waals surface area contributed by atoms with Crippen molar-refractivity contribution in [3.63, 3.8) is 0 Å². The number of carbonyl (C=O) groups is 3. The maximum absolute atomic E-state index is 13.4. The fourth-order valence-electron chi connectivity index (χ4n) is 4.22. The van der Waals surface area contributed by atoms with Gasteiger partial charge in [-0.3, -0.25) is 19.3 Å². The summed E-state index contributed by atoms with van der Waals surface area (Å²) >= 11 is 0. The van der Waals surface area contributed by atoms with Crippen molar-refractivity contribution in [2.45, 2.75) is 12.6 Å². The van der Waals surface area contributed by atoms with Gasteiger partial charge in [-0.1, -0.05) is 48.5 Å². The molecule has 1 aromatic heterocycles. The van der Waals surface area contributed by atoms with E-state index in [2.05, 4.69) is 5.32 Å². The standard InChI is InChI=1S/C28H22N2O5/c1-34-23-14-13-18(17-30-27(32)20-10-5-6-11-21(20)28(30)33)16-22(23)26(31)29-25(24-12-7-15-35-24)19-8-3-2-4-9-19/h2-16,25H,17H2,1H3,(H,29,31). The van der Waals surface area contributed by atoms with Crippen molar-refractivity contribution in [1.29, 1.82) is 0 Å². The van der Waals surface area contributed by atoms with Crippen LogP contribution < -0.4 is 10.1 Å². The topological polar surface area (TPSA) is 88.8 Å². The number of benzene rings is 3. The lowest BCUT2D eigenvalue weighted by Crippen LogP contribution is -2.30. The molecule has 5 rings (SSSR count). The highest BCUT2D eigenvalue weighted by molar-refractivity contribution is 6.21. The summed E-state index contributed by atoms with van der Waals surface area (Å²) in [6, 6.07) is 24.3. The molecule has 1 N–H and O–H groups in total. The van der Waals surface area contributed by atoms with Gasteiger partial charge < -0.3 is 14.5 Å². The maximum atomic E-state index is 13.4. The van der Waals surface area contributed by atoms with E-state index in [1.165, 1.54) is 12.0 Å². The molecule has 7 heteroatoms. The van der Waals surface area contributed by atoms with Crippen molar-refractivity contribution in [2.24, 2.45) is 0 Å². The summed E-state index contributed by atoms with van der Waals surface area (Å²) in [7, 11) is 1.48. The summed E-state index contributed by atoms with van der Waals surface area (Å²) in [6.45, 7) is 0.0386. The van der Waals surface area contributed by atoms with Crippen LogP contribution in [0, 0.1) is 0 Å². The molecule has 7 nitrogen and oxygen atoms in total. The number of hydrogen-bond acceptors (Lipinski definition) is 5. The Balaban J connectivity index is 1.42. The van der Waals surface area contributed by atoms with Gasteiger partial charge in [0.1, 0.15) is 17.6 Å². The molecule has 0 fully saturated rings. The van der Waals surface area contributed by atoms with Crippen molar-refractivity contribution in [2.75, 3.05) is 7.11 Å². The van der Waals surface area contributed by atoms with Crippen molar-refractivity contribution < 1.29 is 23.5 Å². The van der Waals surface area contributed by atoms with E-state index in [1.54, 1.807) is 60.9 Å². The first kappa shape index (κ1) is 22.2. The third kappa shape index (κ3) is 4.19. The van der Waals surface area contributed by atoms with Gasteiger partial charge in [-0.25, -0.2) is 0 Å². The lowest BCUT2D eigenvalue weighted by atomic mass is 10.0. The van der Waals surface area contributed by atoms with Gasteiger partial charge in [0.05, 0.1) is 36.6 Å². The first-order chi connectivity index (χ1) is 17.1.